The third-order valence-electron chi connectivity index (χ3n) is 5.99. The fourth-order valence-electron chi connectivity index (χ4n) is 3.88. The number of nitrogens with zero attached hydrogens (tertiary/aromatic N) is 3. The predicted molar refractivity (Wildman–Crippen MR) is 141 cm³/mol. The maximum Gasteiger partial charge on any atom is 0.435 e. The largest absolute Gasteiger partial charge is 0.435 e. The number of pyridine rings is 1. The molecule has 3 rings (SSSR count). The summed E-state index contributed by atoms with van der Waals surface area (Å²) in [7, 11) is 0. The van der Waals surface area contributed by atoms with Crippen LogP contribution in [0.2, 0.25) is 0 Å². The lowest BCUT2D eigenvalue weighted by Crippen LogP contribution is -2.50. The van der Waals surface area contributed by atoms with Crippen LogP contribution in [-0.4, -0.2) is 35.7 Å². The minimum absolute atomic E-state index is 0.0712. The number of aromatic nitrogens is 1. The number of hydrogen-bond acceptors (Lipinski definition) is 3. The van der Waals surface area contributed by atoms with Gasteiger partial charge >= 0.3 is 24.2 Å². The Balaban J connectivity index is 2.11. The van der Waals surface area contributed by atoms with Crippen molar-refractivity contribution in [3.63, 3.8) is 0 Å². The van der Waals surface area contributed by atoms with Gasteiger partial charge in [0.15, 0.2) is 5.82 Å². The van der Waals surface area contributed by atoms with Gasteiger partial charge in [-0.2, -0.15) is 39.5 Å². The van der Waals surface area contributed by atoms with Gasteiger partial charge in [0, 0.05) is 16.6 Å². The Bertz CT molecular complexity index is 1660. The van der Waals surface area contributed by atoms with Crippen molar-refractivity contribution in [2.75, 3.05) is 16.8 Å². The third-order valence-corrected chi connectivity index (χ3v) is 6.62. The lowest BCUT2D eigenvalue weighted by atomic mass is 9.92. The molecule has 0 aliphatic heterocycles. The molecular weight excluding hydrogens is 701 g/mol. The molecule has 1 N–H and O–H groups in total. The number of halogens is 12. The number of carbonyl (C=O) groups is 2. The van der Waals surface area contributed by atoms with Crippen molar-refractivity contribution < 1.29 is 57.9 Å². The van der Waals surface area contributed by atoms with Gasteiger partial charge in [-0.05, 0) is 46.3 Å². The molecule has 45 heavy (non-hydrogen) atoms. The molecule has 0 saturated heterocycles. The summed E-state index contributed by atoms with van der Waals surface area (Å²) in [5, 5.41) is 1.58. The number of benzene rings is 2. The van der Waals surface area contributed by atoms with Crippen LogP contribution in [0.3, 0.4) is 0 Å². The van der Waals surface area contributed by atoms with Crippen molar-refractivity contribution in [2.24, 2.45) is 0 Å². The smallest absolute Gasteiger partial charge is 0.361 e. The van der Waals surface area contributed by atoms with Crippen LogP contribution in [0.25, 0.3) is 4.85 Å². The molecule has 18 heteroatoms. The van der Waals surface area contributed by atoms with E-state index in [1.54, 1.807) is 5.32 Å². The quantitative estimate of drug-likeness (QED) is 0.151. The molecule has 6 nitrogen and oxygen atoms in total. The number of alkyl halides is 10. The molecule has 0 atom stereocenters. The molecule has 0 aliphatic rings. The lowest BCUT2D eigenvalue weighted by Gasteiger charge is -2.31. The van der Waals surface area contributed by atoms with Gasteiger partial charge in [-0.3, -0.25) is 9.59 Å². The molecule has 0 fully saturated rings. The standard InChI is InChI=1S/C27H14BrF11N4O2/c1-3-9-43(23(45)13-7-8-19(40-2)41-12-13)18-6-4-5-15(20(18)29)22(44)42-21-16(25(31,32)33)10-14(11-17(21)28)24(30,26(34,35)36)27(37,38)39/h3-8,10-12H,1,9H2,(H,42,44). The minimum atomic E-state index is -6.74. The lowest BCUT2D eigenvalue weighted by molar-refractivity contribution is -0.348. The van der Waals surface area contributed by atoms with Crippen LogP contribution >= 0.6 is 15.9 Å². The van der Waals surface area contributed by atoms with Crippen molar-refractivity contribution in [1.29, 1.82) is 0 Å². The number of carbonyl (C=O) groups excluding carboxylic acids is 2. The van der Waals surface area contributed by atoms with Gasteiger partial charge in [0.1, 0.15) is 6.20 Å². The first kappa shape index (κ1) is 35.0. The highest BCUT2D eigenvalue weighted by Crippen LogP contribution is 2.55. The van der Waals surface area contributed by atoms with Crippen molar-refractivity contribution in [3.8, 4) is 0 Å². The van der Waals surface area contributed by atoms with Crippen molar-refractivity contribution in [2.45, 2.75) is 24.2 Å². The van der Waals surface area contributed by atoms with E-state index in [4.69, 9.17) is 6.57 Å². The zero-order valence-electron chi connectivity index (χ0n) is 21.8. The summed E-state index contributed by atoms with van der Waals surface area (Å²) in [5.41, 5.74) is -14.3. The molecule has 1 aromatic heterocycles. The van der Waals surface area contributed by atoms with E-state index in [0.29, 0.717) is 0 Å². The predicted octanol–water partition coefficient (Wildman–Crippen LogP) is 8.93. The Morgan fingerprint density at radius 1 is 1.00 bits per heavy atom. The first-order valence-corrected chi connectivity index (χ1v) is 12.6. The van der Waals surface area contributed by atoms with E-state index in [-0.39, 0.29) is 24.0 Å². The fraction of sp³-hybridized carbons (Fsp3) is 0.185. The van der Waals surface area contributed by atoms with E-state index < -0.39 is 80.4 Å². The fourth-order valence-corrected chi connectivity index (χ4v) is 4.44. The highest BCUT2D eigenvalue weighted by Gasteiger charge is 2.73. The van der Waals surface area contributed by atoms with Crippen LogP contribution < -0.4 is 10.2 Å². The van der Waals surface area contributed by atoms with Crippen LogP contribution in [0.1, 0.15) is 31.8 Å². The molecular formula is C27H14BrF11N4O2. The molecule has 0 spiro atoms. The minimum Gasteiger partial charge on any atom is -0.361 e. The molecule has 238 valence electrons. The number of rotatable bonds is 7. The van der Waals surface area contributed by atoms with Gasteiger partial charge in [-0.25, -0.2) is 8.78 Å². The van der Waals surface area contributed by atoms with Gasteiger partial charge in [0.2, 0.25) is 0 Å². The zero-order chi connectivity index (χ0) is 34.1. The van der Waals surface area contributed by atoms with Crippen LogP contribution in [0.15, 0.2) is 65.8 Å². The number of amides is 2. The number of hydrogen-bond donors (Lipinski definition) is 1. The molecule has 0 bridgehead atoms. The highest BCUT2D eigenvalue weighted by atomic mass is 79.9. The molecule has 2 amide bonds. The van der Waals surface area contributed by atoms with E-state index in [2.05, 4.69) is 32.3 Å². The molecule has 2 aromatic carbocycles. The van der Waals surface area contributed by atoms with Crippen LogP contribution in [0.4, 0.5) is 65.5 Å². The normalized spacial score (nSPS) is 12.3. The monoisotopic (exact) mass is 714 g/mol. The maximum absolute atomic E-state index is 15.6. The molecule has 3 aromatic rings. The summed E-state index contributed by atoms with van der Waals surface area (Å²) in [5.74, 6) is -4.13. The van der Waals surface area contributed by atoms with Gasteiger partial charge in [-0.1, -0.05) is 24.8 Å². The summed E-state index contributed by atoms with van der Waals surface area (Å²) in [6.45, 7) is 9.98. The van der Waals surface area contributed by atoms with E-state index in [1.807, 2.05) is 0 Å². The van der Waals surface area contributed by atoms with Crippen molar-refractivity contribution in [1.82, 2.24) is 4.98 Å². The number of nitrogens with one attached hydrogen (secondary N) is 1. The van der Waals surface area contributed by atoms with E-state index in [1.165, 1.54) is 12.1 Å². The van der Waals surface area contributed by atoms with Crippen molar-refractivity contribution in [3.05, 3.63) is 105 Å². The summed E-state index contributed by atoms with van der Waals surface area (Å²) in [6.07, 6.45) is -17.1. The molecule has 0 radical (unpaired) electrons. The maximum atomic E-state index is 15.6. The summed E-state index contributed by atoms with van der Waals surface area (Å²) < 4.78 is 150. The first-order chi connectivity index (χ1) is 20.7. The summed E-state index contributed by atoms with van der Waals surface area (Å²) in [6, 6.07) is 4.13. The van der Waals surface area contributed by atoms with E-state index in [0.717, 1.165) is 35.4 Å². The molecule has 1 heterocycles. The van der Waals surface area contributed by atoms with Gasteiger partial charge in [0.25, 0.3) is 17.6 Å². The third kappa shape index (κ3) is 6.77. The Morgan fingerprint density at radius 3 is 2.11 bits per heavy atom. The average Bonchev–Trinajstić information content (AvgIpc) is 2.94. The first-order valence-electron chi connectivity index (χ1n) is 11.8. The zero-order valence-corrected chi connectivity index (χ0v) is 23.4. The van der Waals surface area contributed by atoms with Gasteiger partial charge < -0.3 is 15.1 Å². The topological polar surface area (TPSA) is 66.7 Å². The van der Waals surface area contributed by atoms with Crippen LogP contribution in [0.5, 0.6) is 0 Å². The second kappa shape index (κ2) is 12.5. The van der Waals surface area contributed by atoms with Gasteiger partial charge in [-0.15, -0.1) is 11.6 Å². The van der Waals surface area contributed by atoms with E-state index in [9.17, 15) is 53.5 Å². The highest BCUT2D eigenvalue weighted by molar-refractivity contribution is 9.10. The van der Waals surface area contributed by atoms with Crippen molar-refractivity contribution >= 4 is 44.9 Å². The SMILES string of the molecule is [C-]#[N+]c1ccc(C(=O)N(CC=C)c2cccc(C(=O)Nc3c(Br)cc(C(F)(C(F)(F)F)C(F)(F)F)cc3C(F)(F)F)c2F)cn1. The Kier molecular flexibility index (Phi) is 9.68. The second-order valence-corrected chi connectivity index (χ2v) is 9.70. The Morgan fingerprint density at radius 2 is 1.62 bits per heavy atom. The number of anilines is 2. The second-order valence-electron chi connectivity index (χ2n) is 8.85. The summed E-state index contributed by atoms with van der Waals surface area (Å²) >= 11 is 2.35. The van der Waals surface area contributed by atoms with Crippen LogP contribution in [-0.2, 0) is 11.8 Å². The average molecular weight is 715 g/mol. The Labute approximate surface area is 254 Å². The molecule has 0 saturated carbocycles. The van der Waals surface area contributed by atoms with Gasteiger partial charge in [0.05, 0.1) is 28.1 Å². The molecule has 0 aliphatic carbocycles. The Hall–Kier alpha value is -4.53. The van der Waals surface area contributed by atoms with E-state index >= 15 is 4.39 Å². The van der Waals surface area contributed by atoms with Crippen LogP contribution in [0, 0.1) is 12.4 Å². The summed E-state index contributed by atoms with van der Waals surface area (Å²) in [4.78, 5) is 33.6. The molecule has 0 unspecified atom stereocenters.